The van der Waals surface area contributed by atoms with Crippen LogP contribution in [0.2, 0.25) is 0 Å². The van der Waals surface area contributed by atoms with Gasteiger partial charge in [-0.05, 0) is 45.0 Å². The van der Waals surface area contributed by atoms with Crippen LogP contribution in [0.25, 0.3) is 10.2 Å². The number of benzene rings is 1. The molecule has 1 aliphatic rings. The molecule has 0 radical (unpaired) electrons. The Bertz CT molecular complexity index is 662. The SMILES string of the molecule is CCOc1ccc2nc(NC(=O)C3(C)CCNC3)sc2c1. The van der Waals surface area contributed by atoms with Crippen molar-refractivity contribution in [3.05, 3.63) is 18.2 Å². The predicted molar refractivity (Wildman–Crippen MR) is 85.0 cm³/mol. The van der Waals surface area contributed by atoms with Gasteiger partial charge in [0.15, 0.2) is 5.13 Å². The number of nitrogens with zero attached hydrogens (tertiary/aromatic N) is 1. The minimum atomic E-state index is -0.339. The van der Waals surface area contributed by atoms with E-state index >= 15 is 0 Å². The van der Waals surface area contributed by atoms with Gasteiger partial charge in [-0.25, -0.2) is 4.98 Å². The second kappa shape index (κ2) is 5.61. The molecule has 112 valence electrons. The van der Waals surface area contributed by atoms with Crippen LogP contribution in [0.3, 0.4) is 0 Å². The minimum Gasteiger partial charge on any atom is -0.494 e. The average molecular weight is 305 g/mol. The summed E-state index contributed by atoms with van der Waals surface area (Å²) in [5.74, 6) is 0.870. The van der Waals surface area contributed by atoms with Crippen molar-refractivity contribution in [3.8, 4) is 5.75 Å². The summed E-state index contributed by atoms with van der Waals surface area (Å²) in [5, 5.41) is 6.84. The van der Waals surface area contributed by atoms with Gasteiger partial charge in [0.2, 0.25) is 5.91 Å². The maximum atomic E-state index is 12.4. The van der Waals surface area contributed by atoms with Crippen molar-refractivity contribution in [2.45, 2.75) is 20.3 Å². The summed E-state index contributed by atoms with van der Waals surface area (Å²) in [6.07, 6.45) is 0.859. The number of nitrogens with one attached hydrogen (secondary N) is 2. The minimum absolute atomic E-state index is 0.0385. The van der Waals surface area contributed by atoms with Gasteiger partial charge in [0.05, 0.1) is 22.2 Å². The molecule has 2 aromatic rings. The van der Waals surface area contributed by atoms with Crippen LogP contribution in [0.5, 0.6) is 5.75 Å². The third kappa shape index (κ3) is 2.87. The Morgan fingerprint density at radius 3 is 3.14 bits per heavy atom. The third-order valence-corrected chi connectivity index (χ3v) is 4.74. The second-order valence-corrected chi connectivity index (χ2v) is 6.55. The van der Waals surface area contributed by atoms with E-state index in [1.165, 1.54) is 11.3 Å². The van der Waals surface area contributed by atoms with E-state index in [1.54, 1.807) is 0 Å². The molecule has 1 amide bonds. The summed E-state index contributed by atoms with van der Waals surface area (Å²) < 4.78 is 6.50. The van der Waals surface area contributed by atoms with Crippen LogP contribution in [0, 0.1) is 5.41 Å². The maximum Gasteiger partial charge on any atom is 0.233 e. The molecule has 5 nitrogen and oxygen atoms in total. The van der Waals surface area contributed by atoms with Gasteiger partial charge < -0.3 is 15.4 Å². The molecule has 2 heterocycles. The van der Waals surface area contributed by atoms with Crippen molar-refractivity contribution in [2.24, 2.45) is 5.41 Å². The van der Waals surface area contributed by atoms with Gasteiger partial charge in [0, 0.05) is 6.54 Å². The van der Waals surface area contributed by atoms with Crippen molar-refractivity contribution in [3.63, 3.8) is 0 Å². The molecule has 1 fully saturated rings. The van der Waals surface area contributed by atoms with Gasteiger partial charge in [0.1, 0.15) is 5.75 Å². The van der Waals surface area contributed by atoms with Gasteiger partial charge in [-0.1, -0.05) is 11.3 Å². The summed E-state index contributed by atoms with van der Waals surface area (Å²) >= 11 is 1.48. The first kappa shape index (κ1) is 14.3. The monoisotopic (exact) mass is 305 g/mol. The largest absolute Gasteiger partial charge is 0.494 e. The fourth-order valence-corrected chi connectivity index (χ4v) is 3.36. The van der Waals surface area contributed by atoms with E-state index in [2.05, 4.69) is 15.6 Å². The highest BCUT2D eigenvalue weighted by molar-refractivity contribution is 7.22. The van der Waals surface area contributed by atoms with Crippen LogP contribution < -0.4 is 15.4 Å². The number of carbonyl (C=O) groups excluding carboxylic acids is 1. The number of anilines is 1. The van der Waals surface area contributed by atoms with E-state index in [0.717, 1.165) is 35.5 Å². The van der Waals surface area contributed by atoms with Gasteiger partial charge in [0.25, 0.3) is 0 Å². The van der Waals surface area contributed by atoms with E-state index in [9.17, 15) is 4.79 Å². The van der Waals surface area contributed by atoms with E-state index < -0.39 is 0 Å². The molecule has 0 saturated carbocycles. The first-order valence-corrected chi connectivity index (χ1v) is 7.98. The summed E-state index contributed by atoms with van der Waals surface area (Å²) in [7, 11) is 0. The number of carbonyl (C=O) groups is 1. The summed E-state index contributed by atoms with van der Waals surface area (Å²) in [5.41, 5.74) is 0.544. The standard InChI is InChI=1S/C15H19N3O2S/c1-3-20-10-4-5-11-12(8-10)21-14(17-11)18-13(19)15(2)6-7-16-9-15/h4-5,8,16H,3,6-7,9H2,1-2H3,(H,17,18,19). The highest BCUT2D eigenvalue weighted by Crippen LogP contribution is 2.31. The lowest BCUT2D eigenvalue weighted by atomic mass is 9.89. The highest BCUT2D eigenvalue weighted by Gasteiger charge is 2.36. The normalized spacial score (nSPS) is 21.6. The topological polar surface area (TPSA) is 63.2 Å². The van der Waals surface area contributed by atoms with Crippen LogP contribution in [0.1, 0.15) is 20.3 Å². The maximum absolute atomic E-state index is 12.4. The van der Waals surface area contributed by atoms with Gasteiger partial charge in [-0.15, -0.1) is 0 Å². The molecular weight excluding hydrogens is 286 g/mol. The highest BCUT2D eigenvalue weighted by atomic mass is 32.1. The molecule has 1 aromatic heterocycles. The number of rotatable bonds is 4. The van der Waals surface area contributed by atoms with Crippen molar-refractivity contribution < 1.29 is 9.53 Å². The zero-order valence-electron chi connectivity index (χ0n) is 12.2. The lowest BCUT2D eigenvalue weighted by Crippen LogP contribution is -2.35. The van der Waals surface area contributed by atoms with Crippen molar-refractivity contribution in [1.29, 1.82) is 0 Å². The first-order chi connectivity index (χ1) is 10.1. The zero-order chi connectivity index (χ0) is 14.9. The fraction of sp³-hybridized carbons (Fsp3) is 0.467. The van der Waals surface area contributed by atoms with E-state index in [1.807, 2.05) is 32.0 Å². The Morgan fingerprint density at radius 1 is 1.57 bits per heavy atom. The number of amides is 1. The zero-order valence-corrected chi connectivity index (χ0v) is 13.0. The number of hydrogen-bond donors (Lipinski definition) is 2. The van der Waals surface area contributed by atoms with E-state index in [-0.39, 0.29) is 11.3 Å². The molecular formula is C15H19N3O2S. The van der Waals surface area contributed by atoms with Gasteiger partial charge >= 0.3 is 0 Å². The van der Waals surface area contributed by atoms with Crippen molar-refractivity contribution in [1.82, 2.24) is 10.3 Å². The fourth-order valence-electron chi connectivity index (χ4n) is 2.47. The van der Waals surface area contributed by atoms with Crippen LogP contribution in [0.15, 0.2) is 18.2 Å². The van der Waals surface area contributed by atoms with Crippen LogP contribution >= 0.6 is 11.3 Å². The number of aromatic nitrogens is 1. The Labute approximate surface area is 127 Å². The Kier molecular flexibility index (Phi) is 3.82. The Hall–Kier alpha value is -1.66. The quantitative estimate of drug-likeness (QED) is 0.911. The summed E-state index contributed by atoms with van der Waals surface area (Å²) in [6, 6.07) is 5.79. The smallest absolute Gasteiger partial charge is 0.233 e. The van der Waals surface area contributed by atoms with E-state index in [4.69, 9.17) is 4.74 Å². The molecule has 1 aromatic carbocycles. The molecule has 0 spiro atoms. The van der Waals surface area contributed by atoms with Crippen LogP contribution in [0.4, 0.5) is 5.13 Å². The molecule has 0 aliphatic carbocycles. The molecule has 2 N–H and O–H groups in total. The summed E-state index contributed by atoms with van der Waals surface area (Å²) in [4.78, 5) is 16.8. The number of ether oxygens (including phenoxy) is 1. The lowest BCUT2D eigenvalue weighted by molar-refractivity contribution is -0.123. The molecule has 1 saturated heterocycles. The molecule has 21 heavy (non-hydrogen) atoms. The third-order valence-electron chi connectivity index (χ3n) is 3.81. The molecule has 1 atom stereocenters. The average Bonchev–Trinajstić information content (AvgIpc) is 3.05. The number of thiazole rings is 1. The Balaban J connectivity index is 1.79. The Morgan fingerprint density at radius 2 is 2.43 bits per heavy atom. The molecule has 6 heteroatoms. The molecule has 1 aliphatic heterocycles. The lowest BCUT2D eigenvalue weighted by Gasteiger charge is -2.20. The molecule has 1 unspecified atom stereocenters. The number of hydrogen-bond acceptors (Lipinski definition) is 5. The molecule has 3 rings (SSSR count). The predicted octanol–water partition coefficient (Wildman–Crippen LogP) is 2.63. The van der Waals surface area contributed by atoms with Crippen LogP contribution in [-0.4, -0.2) is 30.6 Å². The molecule has 0 bridgehead atoms. The van der Waals surface area contributed by atoms with Crippen LogP contribution in [-0.2, 0) is 4.79 Å². The van der Waals surface area contributed by atoms with Crippen molar-refractivity contribution >= 4 is 32.6 Å². The van der Waals surface area contributed by atoms with Gasteiger partial charge in [-0.3, -0.25) is 4.79 Å². The number of fused-ring (bicyclic) bond motifs is 1. The van der Waals surface area contributed by atoms with Gasteiger partial charge in [-0.2, -0.15) is 0 Å². The van der Waals surface area contributed by atoms with E-state index in [0.29, 0.717) is 11.7 Å². The first-order valence-electron chi connectivity index (χ1n) is 7.16. The second-order valence-electron chi connectivity index (χ2n) is 5.52. The van der Waals surface area contributed by atoms with Crippen molar-refractivity contribution in [2.75, 3.05) is 25.0 Å². The summed E-state index contributed by atoms with van der Waals surface area (Å²) in [6.45, 7) is 6.20.